The number of hydrogen-bond acceptors (Lipinski definition) is 5. The van der Waals surface area contributed by atoms with Crippen molar-refractivity contribution in [1.82, 2.24) is 15.2 Å². The highest BCUT2D eigenvalue weighted by atomic mass is 16.6. The molecular weight excluding hydrogens is 234 g/mol. The van der Waals surface area contributed by atoms with Gasteiger partial charge >= 0.3 is 0 Å². The Labute approximate surface area is 103 Å². The van der Waals surface area contributed by atoms with Crippen molar-refractivity contribution in [3.63, 3.8) is 0 Å². The fourth-order valence-electron chi connectivity index (χ4n) is 1.52. The molecule has 7 nitrogen and oxygen atoms in total. The van der Waals surface area contributed by atoms with Crippen molar-refractivity contribution in [3.8, 4) is 0 Å². The average molecular weight is 247 g/mol. The summed E-state index contributed by atoms with van der Waals surface area (Å²) in [6, 6.07) is 6.13. The topological polar surface area (TPSA) is 111 Å². The number of nitro groups is 1. The molecule has 0 saturated carbocycles. The van der Waals surface area contributed by atoms with Crippen molar-refractivity contribution >= 4 is 5.69 Å². The van der Waals surface area contributed by atoms with E-state index in [1.54, 1.807) is 19.1 Å². The van der Waals surface area contributed by atoms with Crippen LogP contribution >= 0.6 is 0 Å². The van der Waals surface area contributed by atoms with E-state index in [4.69, 9.17) is 5.73 Å². The number of aromatic nitrogens is 3. The van der Waals surface area contributed by atoms with Gasteiger partial charge in [0.2, 0.25) is 0 Å². The Morgan fingerprint density at radius 2 is 2.11 bits per heavy atom. The summed E-state index contributed by atoms with van der Waals surface area (Å²) in [5.41, 5.74) is 6.65. The lowest BCUT2D eigenvalue weighted by Gasteiger charge is -1.98. The number of nitrogens with two attached hydrogens (primary N) is 1. The number of non-ortho nitro benzene ring substituents is 1. The predicted octanol–water partition coefficient (Wildman–Crippen LogP) is 1.32. The molecule has 0 aliphatic carbocycles. The van der Waals surface area contributed by atoms with Gasteiger partial charge in [0.15, 0.2) is 5.82 Å². The van der Waals surface area contributed by atoms with E-state index in [0.29, 0.717) is 18.1 Å². The number of nitrogens with one attached hydrogen (secondary N) is 1. The zero-order chi connectivity index (χ0) is 13.1. The van der Waals surface area contributed by atoms with Crippen molar-refractivity contribution in [2.45, 2.75) is 19.4 Å². The Hall–Kier alpha value is -2.28. The molecule has 7 heteroatoms. The van der Waals surface area contributed by atoms with Gasteiger partial charge in [-0.1, -0.05) is 12.1 Å². The van der Waals surface area contributed by atoms with Crippen LogP contribution in [0.5, 0.6) is 0 Å². The van der Waals surface area contributed by atoms with E-state index in [0.717, 1.165) is 5.56 Å². The first-order chi connectivity index (χ1) is 8.56. The summed E-state index contributed by atoms with van der Waals surface area (Å²) in [4.78, 5) is 14.3. The summed E-state index contributed by atoms with van der Waals surface area (Å²) >= 11 is 0. The second-order valence-corrected chi connectivity index (χ2v) is 4.03. The molecule has 0 fully saturated rings. The molecule has 0 bridgehead atoms. The van der Waals surface area contributed by atoms with E-state index in [2.05, 4.69) is 15.2 Å². The molecule has 0 amide bonds. The Balaban J connectivity index is 2.10. The molecule has 0 aliphatic rings. The smallest absolute Gasteiger partial charge is 0.269 e. The standard InChI is InChI=1S/C11H13N5O2/c1-7(12)11-13-10(14-15-11)6-8-2-4-9(5-3-8)16(17)18/h2-5,7H,6,12H2,1H3,(H,13,14,15)/t7-/m0/s1. The van der Waals surface area contributed by atoms with Crippen molar-refractivity contribution < 1.29 is 4.92 Å². The third kappa shape index (κ3) is 2.69. The van der Waals surface area contributed by atoms with Crippen LogP contribution in [0, 0.1) is 10.1 Å². The highest BCUT2D eigenvalue weighted by Crippen LogP contribution is 2.14. The molecule has 0 radical (unpaired) electrons. The van der Waals surface area contributed by atoms with Crippen LogP contribution in [0.3, 0.4) is 0 Å². The van der Waals surface area contributed by atoms with Crippen LogP contribution in [0.15, 0.2) is 24.3 Å². The van der Waals surface area contributed by atoms with E-state index in [1.807, 2.05) is 0 Å². The lowest BCUT2D eigenvalue weighted by Crippen LogP contribution is -2.06. The first-order valence-corrected chi connectivity index (χ1v) is 5.46. The monoisotopic (exact) mass is 247 g/mol. The van der Waals surface area contributed by atoms with Gasteiger partial charge in [-0.05, 0) is 12.5 Å². The van der Waals surface area contributed by atoms with Gasteiger partial charge in [-0.2, -0.15) is 5.10 Å². The molecule has 2 rings (SSSR count). The molecule has 18 heavy (non-hydrogen) atoms. The molecule has 2 aromatic rings. The van der Waals surface area contributed by atoms with Crippen LogP contribution in [-0.4, -0.2) is 20.1 Å². The molecule has 1 aromatic carbocycles. The van der Waals surface area contributed by atoms with Crippen molar-refractivity contribution in [2.24, 2.45) is 5.73 Å². The van der Waals surface area contributed by atoms with Crippen LogP contribution in [0.2, 0.25) is 0 Å². The number of H-pyrrole nitrogens is 1. The minimum Gasteiger partial charge on any atom is -0.321 e. The highest BCUT2D eigenvalue weighted by molar-refractivity contribution is 5.33. The lowest BCUT2D eigenvalue weighted by molar-refractivity contribution is -0.384. The molecule has 1 heterocycles. The fraction of sp³-hybridized carbons (Fsp3) is 0.273. The minimum atomic E-state index is -0.424. The number of aromatic amines is 1. The number of benzene rings is 1. The molecular formula is C11H13N5O2. The van der Waals surface area contributed by atoms with Gasteiger partial charge in [0.1, 0.15) is 5.82 Å². The molecule has 0 spiro atoms. The second-order valence-electron chi connectivity index (χ2n) is 4.03. The molecule has 0 saturated heterocycles. The molecule has 0 aliphatic heterocycles. The van der Waals surface area contributed by atoms with Gasteiger partial charge in [-0.15, -0.1) is 0 Å². The average Bonchev–Trinajstić information content (AvgIpc) is 2.78. The maximum Gasteiger partial charge on any atom is 0.269 e. The van der Waals surface area contributed by atoms with Crippen LogP contribution in [0.25, 0.3) is 0 Å². The second kappa shape index (κ2) is 4.92. The zero-order valence-corrected chi connectivity index (χ0v) is 9.83. The molecule has 94 valence electrons. The quantitative estimate of drug-likeness (QED) is 0.625. The van der Waals surface area contributed by atoms with E-state index in [1.165, 1.54) is 12.1 Å². The summed E-state index contributed by atoms with van der Waals surface area (Å²) in [6.07, 6.45) is 0.539. The van der Waals surface area contributed by atoms with Crippen LogP contribution in [0.4, 0.5) is 5.69 Å². The third-order valence-corrected chi connectivity index (χ3v) is 2.48. The lowest BCUT2D eigenvalue weighted by atomic mass is 10.1. The van der Waals surface area contributed by atoms with E-state index in [-0.39, 0.29) is 11.7 Å². The number of hydrogen-bond donors (Lipinski definition) is 2. The number of nitrogens with zero attached hydrogens (tertiary/aromatic N) is 3. The zero-order valence-electron chi connectivity index (χ0n) is 9.83. The Bertz CT molecular complexity index is 547. The van der Waals surface area contributed by atoms with Gasteiger partial charge in [0.05, 0.1) is 11.0 Å². The summed E-state index contributed by atoms with van der Waals surface area (Å²) in [5, 5.41) is 17.3. The Kier molecular flexibility index (Phi) is 3.33. The van der Waals surface area contributed by atoms with E-state index in [9.17, 15) is 10.1 Å². The van der Waals surface area contributed by atoms with Gasteiger partial charge in [-0.3, -0.25) is 15.2 Å². The summed E-state index contributed by atoms with van der Waals surface area (Å²) < 4.78 is 0. The fourth-order valence-corrected chi connectivity index (χ4v) is 1.52. The van der Waals surface area contributed by atoms with Gasteiger partial charge in [0, 0.05) is 18.6 Å². The minimum absolute atomic E-state index is 0.0765. The highest BCUT2D eigenvalue weighted by Gasteiger charge is 2.09. The first kappa shape index (κ1) is 12.2. The first-order valence-electron chi connectivity index (χ1n) is 5.46. The molecule has 1 atom stereocenters. The van der Waals surface area contributed by atoms with Crippen LogP contribution < -0.4 is 5.73 Å². The Morgan fingerprint density at radius 3 is 2.61 bits per heavy atom. The van der Waals surface area contributed by atoms with Crippen molar-refractivity contribution in [2.75, 3.05) is 0 Å². The van der Waals surface area contributed by atoms with Gasteiger partial charge in [-0.25, -0.2) is 4.98 Å². The predicted molar refractivity (Wildman–Crippen MR) is 64.9 cm³/mol. The largest absolute Gasteiger partial charge is 0.321 e. The maximum atomic E-state index is 10.5. The third-order valence-electron chi connectivity index (χ3n) is 2.48. The molecule has 3 N–H and O–H groups in total. The maximum absolute atomic E-state index is 10.5. The van der Waals surface area contributed by atoms with Gasteiger partial charge < -0.3 is 5.73 Å². The van der Waals surface area contributed by atoms with Crippen LogP contribution in [-0.2, 0) is 6.42 Å². The van der Waals surface area contributed by atoms with Crippen molar-refractivity contribution in [1.29, 1.82) is 0 Å². The summed E-state index contributed by atoms with van der Waals surface area (Å²) in [6.45, 7) is 1.80. The van der Waals surface area contributed by atoms with Gasteiger partial charge in [0.25, 0.3) is 5.69 Å². The normalized spacial score (nSPS) is 12.3. The SMILES string of the molecule is C[C@H](N)c1n[nH]c(Cc2ccc([N+](=O)[O-])cc2)n1. The summed E-state index contributed by atoms with van der Waals surface area (Å²) in [7, 11) is 0. The van der Waals surface area contributed by atoms with Crippen molar-refractivity contribution in [3.05, 3.63) is 51.6 Å². The number of rotatable bonds is 4. The number of nitro benzene ring substituents is 1. The van der Waals surface area contributed by atoms with E-state index < -0.39 is 4.92 Å². The van der Waals surface area contributed by atoms with E-state index >= 15 is 0 Å². The molecule has 0 unspecified atom stereocenters. The van der Waals surface area contributed by atoms with Crippen LogP contribution in [0.1, 0.15) is 30.2 Å². The summed E-state index contributed by atoms with van der Waals surface area (Å²) in [5.74, 6) is 1.25. The Morgan fingerprint density at radius 1 is 1.44 bits per heavy atom. The molecule has 1 aromatic heterocycles.